The Morgan fingerprint density at radius 2 is 1.86 bits per heavy atom. The Labute approximate surface area is 161 Å². The van der Waals surface area contributed by atoms with Gasteiger partial charge in [-0.3, -0.25) is 14.2 Å². The third kappa shape index (κ3) is 3.15. The normalized spacial score (nSPS) is 16.4. The first-order valence-electron chi connectivity index (χ1n) is 9.03. The van der Waals surface area contributed by atoms with E-state index in [1.807, 2.05) is 37.3 Å². The summed E-state index contributed by atoms with van der Waals surface area (Å²) < 4.78 is 15.8. The number of hydrogen-bond acceptors (Lipinski definition) is 3. The van der Waals surface area contributed by atoms with Crippen molar-refractivity contribution < 1.29 is 14.0 Å². The van der Waals surface area contributed by atoms with Crippen LogP contribution >= 0.6 is 0 Å². The van der Waals surface area contributed by atoms with Crippen LogP contribution < -0.4 is 10.2 Å². The quantitative estimate of drug-likeness (QED) is 0.759. The van der Waals surface area contributed by atoms with Crippen LogP contribution in [0.15, 0.2) is 60.8 Å². The summed E-state index contributed by atoms with van der Waals surface area (Å²) >= 11 is 0. The van der Waals surface area contributed by atoms with Crippen LogP contribution in [0.5, 0.6) is 0 Å². The fraction of sp³-hybridized carbons (Fsp3) is 0.190. The molecule has 2 amide bonds. The number of hydrogen-bond donors (Lipinski definition) is 1. The van der Waals surface area contributed by atoms with Crippen molar-refractivity contribution in [2.75, 3.05) is 11.4 Å². The van der Waals surface area contributed by atoms with Gasteiger partial charge in [0.2, 0.25) is 5.91 Å². The van der Waals surface area contributed by atoms with E-state index in [0.717, 1.165) is 5.69 Å². The molecule has 28 heavy (non-hydrogen) atoms. The van der Waals surface area contributed by atoms with Gasteiger partial charge in [-0.1, -0.05) is 30.3 Å². The Morgan fingerprint density at radius 1 is 1.14 bits per heavy atom. The SMILES string of the molecule is Cc1ncc(C(=O)N[C@H]2CCN(c3ccccc3F)C2=O)n1-c1ccccc1. The number of aryl methyl sites for hydroxylation is 1. The van der Waals surface area contributed by atoms with Crippen molar-refractivity contribution in [1.29, 1.82) is 0 Å². The molecule has 0 unspecified atom stereocenters. The first-order chi connectivity index (χ1) is 13.6. The zero-order chi connectivity index (χ0) is 19.7. The first kappa shape index (κ1) is 17.9. The summed E-state index contributed by atoms with van der Waals surface area (Å²) in [4.78, 5) is 31.2. The minimum atomic E-state index is -0.702. The molecule has 1 fully saturated rings. The number of imidazole rings is 1. The van der Waals surface area contributed by atoms with Gasteiger partial charge < -0.3 is 10.2 Å². The Morgan fingerprint density at radius 3 is 2.61 bits per heavy atom. The van der Waals surface area contributed by atoms with Gasteiger partial charge in [0, 0.05) is 12.2 Å². The summed E-state index contributed by atoms with van der Waals surface area (Å²) in [5, 5.41) is 2.77. The lowest BCUT2D eigenvalue weighted by Gasteiger charge is -2.18. The molecule has 3 aromatic rings. The number of para-hydroxylation sites is 2. The lowest BCUT2D eigenvalue weighted by molar-refractivity contribution is -0.118. The van der Waals surface area contributed by atoms with Gasteiger partial charge in [-0.2, -0.15) is 0 Å². The maximum absolute atomic E-state index is 14.0. The Balaban J connectivity index is 1.54. The molecule has 0 spiro atoms. The molecular weight excluding hydrogens is 359 g/mol. The van der Waals surface area contributed by atoms with Gasteiger partial charge in [0.05, 0.1) is 11.9 Å². The third-order valence-electron chi connectivity index (χ3n) is 4.84. The smallest absolute Gasteiger partial charge is 0.270 e. The number of anilines is 1. The number of aromatic nitrogens is 2. The van der Waals surface area contributed by atoms with Gasteiger partial charge in [0.15, 0.2) is 0 Å². The van der Waals surface area contributed by atoms with Gasteiger partial charge in [-0.05, 0) is 37.6 Å². The summed E-state index contributed by atoms with van der Waals surface area (Å²) in [5.74, 6) is -0.498. The number of halogens is 1. The second-order valence-corrected chi connectivity index (χ2v) is 6.62. The van der Waals surface area contributed by atoms with E-state index in [1.165, 1.54) is 17.2 Å². The molecule has 0 saturated carbocycles. The summed E-state index contributed by atoms with van der Waals surface area (Å²) in [7, 11) is 0. The number of nitrogens with one attached hydrogen (secondary N) is 1. The van der Waals surface area contributed by atoms with Crippen LogP contribution in [0, 0.1) is 12.7 Å². The van der Waals surface area contributed by atoms with E-state index in [4.69, 9.17) is 0 Å². The largest absolute Gasteiger partial charge is 0.339 e. The molecule has 1 atom stereocenters. The fourth-order valence-corrected chi connectivity index (χ4v) is 3.46. The molecule has 2 heterocycles. The molecule has 4 rings (SSSR count). The number of nitrogens with zero attached hydrogens (tertiary/aromatic N) is 3. The van der Waals surface area contributed by atoms with E-state index >= 15 is 0 Å². The summed E-state index contributed by atoms with van der Waals surface area (Å²) in [6.45, 7) is 2.16. The molecule has 6 nitrogen and oxygen atoms in total. The van der Waals surface area contributed by atoms with E-state index < -0.39 is 17.8 Å². The highest BCUT2D eigenvalue weighted by molar-refractivity contribution is 6.03. The van der Waals surface area contributed by atoms with Crippen molar-refractivity contribution in [3.8, 4) is 5.69 Å². The van der Waals surface area contributed by atoms with Crippen molar-refractivity contribution >= 4 is 17.5 Å². The number of benzene rings is 2. The first-order valence-corrected chi connectivity index (χ1v) is 9.03. The lowest BCUT2D eigenvalue weighted by atomic mass is 10.2. The zero-order valence-electron chi connectivity index (χ0n) is 15.3. The van der Waals surface area contributed by atoms with Crippen LogP contribution in [-0.2, 0) is 4.79 Å². The second-order valence-electron chi connectivity index (χ2n) is 6.62. The Kier molecular flexibility index (Phi) is 4.65. The van der Waals surface area contributed by atoms with Crippen molar-refractivity contribution in [2.24, 2.45) is 0 Å². The maximum Gasteiger partial charge on any atom is 0.270 e. The van der Waals surface area contributed by atoms with Gasteiger partial charge >= 0.3 is 0 Å². The van der Waals surface area contributed by atoms with E-state index in [-0.39, 0.29) is 11.6 Å². The van der Waals surface area contributed by atoms with Crippen molar-refractivity contribution in [3.05, 3.63) is 78.1 Å². The van der Waals surface area contributed by atoms with E-state index in [1.54, 1.807) is 22.8 Å². The summed E-state index contributed by atoms with van der Waals surface area (Å²) in [6.07, 6.45) is 1.91. The molecule has 0 aliphatic carbocycles. The van der Waals surface area contributed by atoms with Gasteiger partial charge in [0.25, 0.3) is 5.91 Å². The number of rotatable bonds is 4. The van der Waals surface area contributed by atoms with Crippen LogP contribution in [-0.4, -0.2) is 34.0 Å². The van der Waals surface area contributed by atoms with Crippen LogP contribution in [0.4, 0.5) is 10.1 Å². The van der Waals surface area contributed by atoms with Crippen molar-refractivity contribution in [1.82, 2.24) is 14.9 Å². The van der Waals surface area contributed by atoms with Gasteiger partial charge in [-0.15, -0.1) is 0 Å². The van der Waals surface area contributed by atoms with Crippen LogP contribution in [0.2, 0.25) is 0 Å². The minimum Gasteiger partial charge on any atom is -0.339 e. The maximum atomic E-state index is 14.0. The van der Waals surface area contributed by atoms with E-state index in [0.29, 0.717) is 24.5 Å². The average molecular weight is 378 g/mol. The van der Waals surface area contributed by atoms with E-state index in [2.05, 4.69) is 10.3 Å². The monoisotopic (exact) mass is 378 g/mol. The average Bonchev–Trinajstić information content (AvgIpc) is 3.26. The topological polar surface area (TPSA) is 67.2 Å². The molecule has 1 aromatic heterocycles. The molecule has 1 N–H and O–H groups in total. The molecule has 2 aromatic carbocycles. The Bertz CT molecular complexity index is 1030. The standard InChI is InChI=1S/C21H19FN4O2/c1-14-23-13-19(26(14)15-7-3-2-4-8-15)20(27)24-17-11-12-25(21(17)28)18-10-6-5-9-16(18)22/h2-10,13,17H,11-12H2,1H3,(H,24,27)/t17-/m0/s1. The van der Waals surface area contributed by atoms with Crippen molar-refractivity contribution in [2.45, 2.75) is 19.4 Å². The molecule has 1 saturated heterocycles. The zero-order valence-corrected chi connectivity index (χ0v) is 15.3. The summed E-state index contributed by atoms with van der Waals surface area (Å²) in [6, 6.07) is 14.8. The predicted octanol–water partition coefficient (Wildman–Crippen LogP) is 2.86. The highest BCUT2D eigenvalue weighted by Crippen LogP contribution is 2.24. The fourth-order valence-electron chi connectivity index (χ4n) is 3.46. The molecule has 142 valence electrons. The lowest BCUT2D eigenvalue weighted by Crippen LogP contribution is -2.42. The summed E-state index contributed by atoms with van der Waals surface area (Å²) in [5.41, 5.74) is 1.39. The number of carbonyl (C=O) groups is 2. The number of amides is 2. The number of carbonyl (C=O) groups excluding carboxylic acids is 2. The Hall–Kier alpha value is -3.48. The molecule has 1 aliphatic rings. The minimum absolute atomic E-state index is 0.231. The van der Waals surface area contributed by atoms with Crippen LogP contribution in [0.25, 0.3) is 5.69 Å². The molecule has 0 bridgehead atoms. The third-order valence-corrected chi connectivity index (χ3v) is 4.84. The van der Waals surface area contributed by atoms with Gasteiger partial charge in [0.1, 0.15) is 23.4 Å². The predicted molar refractivity (Wildman–Crippen MR) is 103 cm³/mol. The molecule has 1 aliphatic heterocycles. The highest BCUT2D eigenvalue weighted by Gasteiger charge is 2.35. The van der Waals surface area contributed by atoms with E-state index in [9.17, 15) is 14.0 Å². The highest BCUT2D eigenvalue weighted by atomic mass is 19.1. The molecule has 0 radical (unpaired) electrons. The van der Waals surface area contributed by atoms with Crippen molar-refractivity contribution in [3.63, 3.8) is 0 Å². The second kappa shape index (κ2) is 7.26. The molecule has 7 heteroatoms. The van der Waals surface area contributed by atoms with Crippen LogP contribution in [0.1, 0.15) is 22.7 Å². The van der Waals surface area contributed by atoms with Gasteiger partial charge in [-0.25, -0.2) is 9.37 Å². The molecular formula is C21H19FN4O2. The van der Waals surface area contributed by atoms with Crippen LogP contribution in [0.3, 0.4) is 0 Å².